The highest BCUT2D eigenvalue weighted by Gasteiger charge is 2.54. The number of amides is 3. The fraction of sp³-hybridized carbons (Fsp3) is 0.136. The van der Waals surface area contributed by atoms with Gasteiger partial charge in [0.1, 0.15) is 22.9 Å². The summed E-state index contributed by atoms with van der Waals surface area (Å²) < 4.78 is 67.3. The maximum absolute atomic E-state index is 13.9. The summed E-state index contributed by atoms with van der Waals surface area (Å²) in [5.74, 6) is -0.530. The number of hydrogen-bond acceptors (Lipinski definition) is 6. The van der Waals surface area contributed by atoms with E-state index in [0.29, 0.717) is 11.5 Å². The van der Waals surface area contributed by atoms with Crippen LogP contribution in [-0.2, 0) is 10.8 Å². The minimum atomic E-state index is -4.49. The van der Waals surface area contributed by atoms with Crippen molar-refractivity contribution in [2.24, 2.45) is 0 Å². The Morgan fingerprint density at radius 1 is 0.943 bits per heavy atom. The molecule has 3 amide bonds. The van der Waals surface area contributed by atoms with Crippen molar-refractivity contribution in [3.05, 3.63) is 72.1 Å². The van der Waals surface area contributed by atoms with Crippen molar-refractivity contribution >= 4 is 23.3 Å². The molecule has 4 rings (SSSR count). The number of nitrogens with one attached hydrogen (secondary N) is 3. The Kier molecular flexibility index (Phi) is 6.18. The lowest BCUT2D eigenvalue weighted by Crippen LogP contribution is -2.41. The molecule has 13 heteroatoms. The zero-order valence-corrected chi connectivity index (χ0v) is 17.8. The Hall–Kier alpha value is -4.39. The number of alkyl halides is 4. The van der Waals surface area contributed by atoms with Crippen molar-refractivity contribution in [3.8, 4) is 17.2 Å². The number of pyridine rings is 1. The van der Waals surface area contributed by atoms with Gasteiger partial charge < -0.3 is 25.4 Å². The average molecular weight is 492 g/mol. The first-order chi connectivity index (χ1) is 16.5. The van der Waals surface area contributed by atoms with Gasteiger partial charge >= 0.3 is 18.4 Å². The molecule has 0 aliphatic carbocycles. The summed E-state index contributed by atoms with van der Waals surface area (Å²) in [5, 5.41) is 7.26. The highest BCUT2D eigenvalue weighted by Crippen LogP contribution is 2.46. The quantitative estimate of drug-likeness (QED) is 0.438. The van der Waals surface area contributed by atoms with Crippen molar-refractivity contribution in [2.45, 2.75) is 12.4 Å². The van der Waals surface area contributed by atoms with E-state index < -0.39 is 35.7 Å². The maximum atomic E-state index is 13.9. The molecular weight excluding hydrogens is 476 g/mol. The lowest BCUT2D eigenvalue weighted by atomic mass is 10.1. The molecule has 0 unspecified atom stereocenters. The van der Waals surface area contributed by atoms with Gasteiger partial charge in [0, 0.05) is 36.8 Å². The second-order valence-electron chi connectivity index (χ2n) is 7.06. The van der Waals surface area contributed by atoms with Gasteiger partial charge in [0.05, 0.1) is 5.56 Å². The van der Waals surface area contributed by atoms with Gasteiger partial charge in [0.15, 0.2) is 0 Å². The van der Waals surface area contributed by atoms with E-state index in [2.05, 4.69) is 30.4 Å². The summed E-state index contributed by atoms with van der Waals surface area (Å²) in [7, 11) is 1.47. The van der Waals surface area contributed by atoms with Crippen LogP contribution in [0.5, 0.6) is 17.2 Å². The van der Waals surface area contributed by atoms with Gasteiger partial charge in [0.25, 0.3) is 5.91 Å². The van der Waals surface area contributed by atoms with E-state index in [1.165, 1.54) is 31.4 Å². The average Bonchev–Trinajstić information content (AvgIpc) is 2.78. The lowest BCUT2D eigenvalue weighted by molar-refractivity contribution is -0.461. The zero-order chi connectivity index (χ0) is 25.2. The van der Waals surface area contributed by atoms with Gasteiger partial charge in [-0.3, -0.25) is 9.78 Å². The minimum Gasteiger partial charge on any atom is -0.457 e. The van der Waals surface area contributed by atoms with Crippen LogP contribution in [0, 0.1) is 0 Å². The predicted octanol–water partition coefficient (Wildman–Crippen LogP) is 4.89. The molecule has 1 aliphatic heterocycles. The first kappa shape index (κ1) is 23.8. The zero-order valence-electron chi connectivity index (χ0n) is 17.8. The molecule has 0 radical (unpaired) electrons. The summed E-state index contributed by atoms with van der Waals surface area (Å²) >= 11 is 0. The van der Waals surface area contributed by atoms with E-state index in [-0.39, 0.29) is 17.1 Å². The van der Waals surface area contributed by atoms with Crippen molar-refractivity contribution in [2.75, 3.05) is 17.7 Å². The van der Waals surface area contributed by atoms with Gasteiger partial charge in [-0.2, -0.15) is 8.78 Å². The van der Waals surface area contributed by atoms with Crippen molar-refractivity contribution in [1.29, 1.82) is 0 Å². The van der Waals surface area contributed by atoms with E-state index in [4.69, 9.17) is 4.74 Å². The number of benzene rings is 2. The summed E-state index contributed by atoms with van der Waals surface area (Å²) in [5.41, 5.74) is -0.654. The molecule has 182 valence electrons. The summed E-state index contributed by atoms with van der Waals surface area (Å²) in [6, 6.07) is 11.1. The third kappa shape index (κ3) is 5.58. The Bertz CT molecular complexity index is 1290. The molecule has 2 aromatic carbocycles. The number of carbonyl (C=O) groups is 2. The van der Waals surface area contributed by atoms with Crippen LogP contribution in [0.1, 0.15) is 16.1 Å². The Labute approximate surface area is 195 Å². The largest absolute Gasteiger partial charge is 0.540 e. The molecule has 3 N–H and O–H groups in total. The Morgan fingerprint density at radius 2 is 1.66 bits per heavy atom. The van der Waals surface area contributed by atoms with Crippen LogP contribution in [0.3, 0.4) is 0 Å². The predicted molar refractivity (Wildman–Crippen MR) is 114 cm³/mol. The molecule has 0 saturated carbocycles. The number of rotatable bonds is 5. The second-order valence-corrected chi connectivity index (χ2v) is 7.06. The molecule has 3 aromatic rings. The van der Waals surface area contributed by atoms with Crippen molar-refractivity contribution < 1.29 is 41.4 Å². The lowest BCUT2D eigenvalue weighted by Gasteiger charge is -2.30. The third-order valence-corrected chi connectivity index (χ3v) is 4.55. The van der Waals surface area contributed by atoms with E-state index in [9.17, 15) is 27.2 Å². The van der Waals surface area contributed by atoms with Crippen LogP contribution < -0.4 is 25.4 Å². The van der Waals surface area contributed by atoms with E-state index in [1.54, 1.807) is 18.2 Å². The smallest absolute Gasteiger partial charge is 0.457 e. The van der Waals surface area contributed by atoms with Crippen LogP contribution in [-0.4, -0.2) is 30.3 Å². The van der Waals surface area contributed by atoms with E-state index in [1.807, 2.05) is 0 Å². The fourth-order valence-electron chi connectivity index (χ4n) is 3.07. The van der Waals surface area contributed by atoms with Crippen molar-refractivity contribution in [1.82, 2.24) is 10.3 Å². The van der Waals surface area contributed by atoms with Crippen LogP contribution in [0.4, 0.5) is 33.7 Å². The summed E-state index contributed by atoms with van der Waals surface area (Å²) in [6.07, 6.45) is -7.42. The van der Waals surface area contributed by atoms with Gasteiger partial charge in [-0.15, -0.1) is 8.78 Å². The highest BCUT2D eigenvalue weighted by molar-refractivity contribution is 6.00. The van der Waals surface area contributed by atoms with Gasteiger partial charge in [-0.05, 0) is 36.4 Å². The Balaban J connectivity index is 1.44. The summed E-state index contributed by atoms with van der Waals surface area (Å²) in [4.78, 5) is 28.0. The standard InChI is InChI=1S/C22H16F4N4O5/c1-27-19(31)17-11-15(7-8-28-17)33-14-4-2-3-12(9-14)29-20(32)30-13-5-6-18-16(10-13)21(23,24)35-22(25,26)34-18/h2-11H,1H3,(H,27,31)(H2,29,30,32). The molecule has 0 fully saturated rings. The SMILES string of the molecule is CNC(=O)c1cc(Oc2cccc(NC(=O)Nc3ccc4c(c3)C(F)(F)OC(F)(F)O4)c2)ccn1. The number of aromatic nitrogens is 1. The second kappa shape index (κ2) is 9.10. The first-order valence-electron chi connectivity index (χ1n) is 9.88. The van der Waals surface area contributed by atoms with Crippen LogP contribution in [0.15, 0.2) is 60.8 Å². The number of anilines is 2. The molecule has 0 spiro atoms. The number of hydrogen-bond donors (Lipinski definition) is 3. The third-order valence-electron chi connectivity index (χ3n) is 4.55. The minimum absolute atomic E-state index is 0.121. The van der Waals surface area contributed by atoms with Crippen molar-refractivity contribution in [3.63, 3.8) is 0 Å². The maximum Gasteiger partial charge on any atom is 0.540 e. The monoisotopic (exact) mass is 492 g/mol. The van der Waals surface area contributed by atoms with Crippen LogP contribution in [0.25, 0.3) is 0 Å². The fourth-order valence-corrected chi connectivity index (χ4v) is 3.07. The number of fused-ring (bicyclic) bond motifs is 1. The molecule has 9 nitrogen and oxygen atoms in total. The normalized spacial score (nSPS) is 15.2. The van der Waals surface area contributed by atoms with Gasteiger partial charge in [-0.25, -0.2) is 9.53 Å². The molecule has 0 saturated heterocycles. The van der Waals surface area contributed by atoms with Gasteiger partial charge in [0.2, 0.25) is 0 Å². The molecule has 0 atom stereocenters. The highest BCUT2D eigenvalue weighted by atomic mass is 19.3. The molecule has 2 heterocycles. The summed E-state index contributed by atoms with van der Waals surface area (Å²) in [6.45, 7) is 0. The first-order valence-corrected chi connectivity index (χ1v) is 9.88. The van der Waals surface area contributed by atoms with Crippen LogP contribution >= 0.6 is 0 Å². The Morgan fingerprint density at radius 3 is 2.40 bits per heavy atom. The van der Waals surface area contributed by atoms with E-state index >= 15 is 0 Å². The molecule has 1 aliphatic rings. The van der Waals surface area contributed by atoms with E-state index in [0.717, 1.165) is 18.2 Å². The molecule has 0 bridgehead atoms. The molecule has 35 heavy (non-hydrogen) atoms. The van der Waals surface area contributed by atoms with Gasteiger partial charge in [-0.1, -0.05) is 6.07 Å². The number of urea groups is 1. The molecule has 1 aromatic heterocycles. The molecular formula is C22H16F4N4O5. The number of nitrogens with zero attached hydrogens (tertiary/aromatic N) is 1. The topological polar surface area (TPSA) is 111 Å². The number of carbonyl (C=O) groups excluding carboxylic acids is 2. The number of ether oxygens (including phenoxy) is 3. The number of halogens is 4. The van der Waals surface area contributed by atoms with Crippen LogP contribution in [0.2, 0.25) is 0 Å².